The Morgan fingerprint density at radius 2 is 0.816 bits per heavy atom. The minimum atomic E-state index is -0.357. The maximum Gasteiger partial charge on any atom is 0.143 e. The predicted molar refractivity (Wildman–Crippen MR) is 169 cm³/mol. The van der Waals surface area contributed by atoms with Gasteiger partial charge in [-0.2, -0.15) is 0 Å². The fraction of sp³-hybridized carbons (Fsp3) is 0.833. The summed E-state index contributed by atoms with van der Waals surface area (Å²) < 4.78 is 0. The SMILES string of the molecule is CCCCCCCC/C=C\CCCCCCCC(=O)C(C=O)CCCCCC/C=C/CCCCCCCC. The molecule has 2 heteroatoms. The van der Waals surface area contributed by atoms with Crippen LogP contribution in [0, 0.1) is 5.92 Å². The van der Waals surface area contributed by atoms with Crippen LogP contribution in [0.2, 0.25) is 0 Å². The molecule has 38 heavy (non-hydrogen) atoms. The van der Waals surface area contributed by atoms with E-state index in [0.717, 1.165) is 38.4 Å². The summed E-state index contributed by atoms with van der Waals surface area (Å²) in [5.41, 5.74) is 0. The molecule has 2 nitrogen and oxygen atoms in total. The van der Waals surface area contributed by atoms with Gasteiger partial charge in [-0.3, -0.25) is 4.79 Å². The van der Waals surface area contributed by atoms with Gasteiger partial charge in [-0.05, 0) is 64.2 Å². The Morgan fingerprint density at radius 1 is 0.474 bits per heavy atom. The quantitative estimate of drug-likeness (QED) is 0.0386. The lowest BCUT2D eigenvalue weighted by molar-refractivity contribution is -0.127. The topological polar surface area (TPSA) is 34.1 Å². The summed E-state index contributed by atoms with van der Waals surface area (Å²) in [6.45, 7) is 4.54. The smallest absolute Gasteiger partial charge is 0.143 e. The normalized spacial score (nSPS) is 12.6. The van der Waals surface area contributed by atoms with Crippen molar-refractivity contribution in [3.05, 3.63) is 24.3 Å². The average Bonchev–Trinajstić information content (AvgIpc) is 2.93. The Balaban J connectivity index is 3.51. The molecule has 0 aliphatic rings. The number of hydrogen-bond donors (Lipinski definition) is 0. The van der Waals surface area contributed by atoms with Crippen molar-refractivity contribution in [1.29, 1.82) is 0 Å². The van der Waals surface area contributed by atoms with Crippen LogP contribution in [-0.2, 0) is 9.59 Å². The van der Waals surface area contributed by atoms with Crippen LogP contribution in [0.4, 0.5) is 0 Å². The molecule has 0 radical (unpaired) electrons. The molecule has 0 spiro atoms. The number of carbonyl (C=O) groups excluding carboxylic acids is 2. The average molecular weight is 531 g/mol. The molecule has 0 amide bonds. The van der Waals surface area contributed by atoms with E-state index in [0.29, 0.717) is 6.42 Å². The molecule has 0 aliphatic carbocycles. The minimum absolute atomic E-state index is 0.176. The molecule has 0 N–H and O–H groups in total. The van der Waals surface area contributed by atoms with Crippen molar-refractivity contribution in [3.63, 3.8) is 0 Å². The molecule has 0 aromatic rings. The van der Waals surface area contributed by atoms with E-state index in [2.05, 4.69) is 38.2 Å². The lowest BCUT2D eigenvalue weighted by Gasteiger charge is -2.09. The van der Waals surface area contributed by atoms with Gasteiger partial charge in [0, 0.05) is 6.42 Å². The van der Waals surface area contributed by atoms with Gasteiger partial charge in [-0.25, -0.2) is 0 Å². The number of allylic oxidation sites excluding steroid dienone is 4. The Bertz CT molecular complexity index is 548. The van der Waals surface area contributed by atoms with Gasteiger partial charge in [0.1, 0.15) is 12.1 Å². The first kappa shape index (κ1) is 36.8. The van der Waals surface area contributed by atoms with Gasteiger partial charge >= 0.3 is 0 Å². The van der Waals surface area contributed by atoms with E-state index >= 15 is 0 Å². The van der Waals surface area contributed by atoms with Gasteiger partial charge in [0.05, 0.1) is 5.92 Å². The van der Waals surface area contributed by atoms with Gasteiger partial charge in [0.2, 0.25) is 0 Å². The highest BCUT2D eigenvalue weighted by Crippen LogP contribution is 2.16. The Hall–Kier alpha value is -1.18. The summed E-state index contributed by atoms with van der Waals surface area (Å²) >= 11 is 0. The predicted octanol–water partition coefficient (Wildman–Crippen LogP) is 12.1. The number of carbonyl (C=O) groups is 2. The highest BCUT2D eigenvalue weighted by Gasteiger charge is 2.16. The molecule has 0 rings (SSSR count). The van der Waals surface area contributed by atoms with E-state index in [1.807, 2.05) is 0 Å². The maximum atomic E-state index is 12.4. The standard InChI is InChI=1S/C36H66O2/c1-3-5-7-9-11-13-15-17-19-21-23-25-27-29-31-33-36(38)35(34-37)32-30-28-26-24-22-20-18-16-14-12-10-8-6-4-2/h17-20,34-35H,3-16,21-33H2,1-2H3/b19-17-,20-18+. The zero-order valence-electron chi connectivity index (χ0n) is 25.9. The van der Waals surface area contributed by atoms with Crippen LogP contribution in [-0.4, -0.2) is 12.1 Å². The largest absolute Gasteiger partial charge is 0.303 e. The van der Waals surface area contributed by atoms with Crippen LogP contribution in [0.1, 0.15) is 187 Å². The van der Waals surface area contributed by atoms with Crippen LogP contribution >= 0.6 is 0 Å². The number of ketones is 1. The first-order valence-corrected chi connectivity index (χ1v) is 17.0. The van der Waals surface area contributed by atoms with E-state index < -0.39 is 0 Å². The number of hydrogen-bond acceptors (Lipinski definition) is 2. The van der Waals surface area contributed by atoms with Gasteiger partial charge < -0.3 is 4.79 Å². The molecule has 1 unspecified atom stereocenters. The summed E-state index contributed by atoms with van der Waals surface area (Å²) in [5, 5.41) is 0. The fourth-order valence-electron chi connectivity index (χ4n) is 5.12. The van der Waals surface area contributed by atoms with Crippen LogP contribution in [0.15, 0.2) is 24.3 Å². The molecule has 0 aromatic heterocycles. The summed E-state index contributed by atoms with van der Waals surface area (Å²) in [4.78, 5) is 23.9. The van der Waals surface area contributed by atoms with Crippen molar-refractivity contribution in [2.24, 2.45) is 5.92 Å². The third kappa shape index (κ3) is 27.8. The zero-order valence-corrected chi connectivity index (χ0v) is 25.9. The van der Waals surface area contributed by atoms with Gasteiger partial charge in [0.25, 0.3) is 0 Å². The molecule has 0 aromatic carbocycles. The molecule has 0 saturated carbocycles. The van der Waals surface area contributed by atoms with Gasteiger partial charge in [-0.1, -0.05) is 141 Å². The maximum absolute atomic E-state index is 12.4. The first-order chi connectivity index (χ1) is 18.8. The van der Waals surface area contributed by atoms with Crippen LogP contribution in [0.5, 0.6) is 0 Å². The molecule has 222 valence electrons. The van der Waals surface area contributed by atoms with Crippen LogP contribution in [0.25, 0.3) is 0 Å². The van der Waals surface area contributed by atoms with E-state index in [1.165, 1.54) is 135 Å². The van der Waals surface area contributed by atoms with Crippen molar-refractivity contribution in [1.82, 2.24) is 0 Å². The third-order valence-electron chi connectivity index (χ3n) is 7.79. The van der Waals surface area contributed by atoms with Crippen LogP contribution < -0.4 is 0 Å². The molecular formula is C36H66O2. The number of rotatable bonds is 31. The van der Waals surface area contributed by atoms with Crippen molar-refractivity contribution in [3.8, 4) is 0 Å². The molecule has 1 atom stereocenters. The minimum Gasteiger partial charge on any atom is -0.303 e. The van der Waals surface area contributed by atoms with Crippen molar-refractivity contribution < 1.29 is 9.59 Å². The Kier molecular flexibility index (Phi) is 31.0. The van der Waals surface area contributed by atoms with E-state index in [1.54, 1.807) is 0 Å². The van der Waals surface area contributed by atoms with Crippen molar-refractivity contribution in [2.75, 3.05) is 0 Å². The molecule has 0 heterocycles. The van der Waals surface area contributed by atoms with E-state index in [-0.39, 0.29) is 11.7 Å². The van der Waals surface area contributed by atoms with Crippen LogP contribution in [0.3, 0.4) is 0 Å². The van der Waals surface area contributed by atoms with Crippen molar-refractivity contribution in [2.45, 2.75) is 187 Å². The van der Waals surface area contributed by atoms with Gasteiger partial charge in [-0.15, -0.1) is 0 Å². The molecule has 0 bridgehead atoms. The summed E-state index contributed by atoms with van der Waals surface area (Å²) in [7, 11) is 0. The fourth-order valence-corrected chi connectivity index (χ4v) is 5.12. The Labute approximate surface area is 238 Å². The van der Waals surface area contributed by atoms with E-state index in [4.69, 9.17) is 0 Å². The van der Waals surface area contributed by atoms with Gasteiger partial charge in [0.15, 0.2) is 0 Å². The Morgan fingerprint density at radius 3 is 1.21 bits per heavy atom. The molecule has 0 aliphatic heterocycles. The second-order valence-corrected chi connectivity index (χ2v) is 11.6. The second-order valence-electron chi connectivity index (χ2n) is 11.6. The number of aldehydes is 1. The highest BCUT2D eigenvalue weighted by atomic mass is 16.1. The third-order valence-corrected chi connectivity index (χ3v) is 7.79. The first-order valence-electron chi connectivity index (χ1n) is 17.0. The molecule has 0 fully saturated rings. The number of Topliss-reactive ketones (excluding diaryl/α,β-unsaturated/α-hetero) is 1. The van der Waals surface area contributed by atoms with Crippen molar-refractivity contribution >= 4 is 12.1 Å². The van der Waals surface area contributed by atoms with E-state index in [9.17, 15) is 9.59 Å². The molecule has 0 saturated heterocycles. The second kappa shape index (κ2) is 32.0. The highest BCUT2D eigenvalue weighted by molar-refractivity contribution is 5.93. The summed E-state index contributed by atoms with van der Waals surface area (Å²) in [6, 6.07) is 0. The summed E-state index contributed by atoms with van der Waals surface area (Å²) in [5.74, 6) is -0.181. The zero-order chi connectivity index (χ0) is 27.8. The lowest BCUT2D eigenvalue weighted by atomic mass is 9.94. The molecular weight excluding hydrogens is 464 g/mol. The monoisotopic (exact) mass is 531 g/mol. The number of unbranched alkanes of at least 4 members (excludes halogenated alkanes) is 21. The summed E-state index contributed by atoms with van der Waals surface area (Å²) in [6.07, 6.45) is 43.3. The lowest BCUT2D eigenvalue weighted by Crippen LogP contribution is -2.15.